The van der Waals surface area contributed by atoms with Crippen LogP contribution in [0.1, 0.15) is 56.9 Å². The zero-order chi connectivity index (χ0) is 16.4. The summed E-state index contributed by atoms with van der Waals surface area (Å²) in [5.74, 6) is 1.70. The van der Waals surface area contributed by atoms with Crippen LogP contribution in [0.25, 0.3) is 10.9 Å². The lowest BCUT2D eigenvalue weighted by Crippen LogP contribution is -2.30. The highest BCUT2D eigenvalue weighted by Crippen LogP contribution is 2.38. The van der Waals surface area contributed by atoms with E-state index in [0.29, 0.717) is 17.2 Å². The second-order valence-electron chi connectivity index (χ2n) is 7.67. The minimum Gasteiger partial charge on any atom is -0.490 e. The fraction of sp³-hybridized carbons (Fsp3) is 0.500. The summed E-state index contributed by atoms with van der Waals surface area (Å²) >= 11 is 0. The molecule has 3 nitrogen and oxygen atoms in total. The number of pyridine rings is 1. The lowest BCUT2D eigenvalue weighted by atomic mass is 9.72. The molecule has 1 saturated carbocycles. The molecule has 0 N–H and O–H groups in total. The summed E-state index contributed by atoms with van der Waals surface area (Å²) in [4.78, 5) is 15.1. The zero-order valence-electron chi connectivity index (χ0n) is 14.2. The molecule has 3 rings (SSSR count). The van der Waals surface area contributed by atoms with Crippen molar-refractivity contribution in [2.45, 2.75) is 52.6 Å². The first-order valence-corrected chi connectivity index (χ1v) is 8.48. The molecule has 1 fully saturated rings. The Hall–Kier alpha value is -1.90. The normalized spacial score (nSPS) is 22.0. The Morgan fingerprint density at radius 3 is 2.48 bits per heavy atom. The van der Waals surface area contributed by atoms with Gasteiger partial charge in [0.25, 0.3) is 0 Å². The Morgan fingerprint density at radius 2 is 1.83 bits per heavy atom. The minimum absolute atomic E-state index is 0.313. The Kier molecular flexibility index (Phi) is 4.38. The van der Waals surface area contributed by atoms with Gasteiger partial charge in [0.2, 0.25) is 0 Å². The second kappa shape index (κ2) is 6.31. The van der Waals surface area contributed by atoms with E-state index in [1.807, 2.05) is 24.3 Å². The van der Waals surface area contributed by atoms with Crippen LogP contribution in [0.4, 0.5) is 0 Å². The number of aromatic nitrogens is 1. The van der Waals surface area contributed by atoms with E-state index in [9.17, 15) is 4.79 Å². The maximum absolute atomic E-state index is 10.8. The average Bonchev–Trinajstić information content (AvgIpc) is 2.54. The van der Waals surface area contributed by atoms with Gasteiger partial charge in [-0.25, -0.2) is 4.98 Å². The summed E-state index contributed by atoms with van der Waals surface area (Å²) in [5.41, 5.74) is 1.70. The van der Waals surface area contributed by atoms with Gasteiger partial charge in [-0.05, 0) is 61.3 Å². The molecule has 0 saturated heterocycles. The Labute approximate surface area is 138 Å². The van der Waals surface area contributed by atoms with Crippen LogP contribution < -0.4 is 4.74 Å². The van der Waals surface area contributed by atoms with Crippen molar-refractivity contribution in [1.82, 2.24) is 4.98 Å². The van der Waals surface area contributed by atoms with E-state index in [1.165, 1.54) is 12.8 Å². The van der Waals surface area contributed by atoms with Gasteiger partial charge in [0.15, 0.2) is 6.29 Å². The smallest absolute Gasteiger partial charge is 0.168 e. The number of ether oxygens (including phenoxy) is 1. The molecule has 2 aromatic rings. The zero-order valence-corrected chi connectivity index (χ0v) is 14.2. The molecule has 0 amide bonds. The third-order valence-corrected chi connectivity index (χ3v) is 5.00. The van der Waals surface area contributed by atoms with E-state index in [1.54, 1.807) is 6.07 Å². The van der Waals surface area contributed by atoms with Crippen molar-refractivity contribution in [3.8, 4) is 5.75 Å². The lowest BCUT2D eigenvalue weighted by Gasteiger charge is -2.36. The summed E-state index contributed by atoms with van der Waals surface area (Å²) in [5, 5.41) is 1.01. The highest BCUT2D eigenvalue weighted by molar-refractivity contribution is 5.84. The SMILES string of the molecule is CC(C)(C)[C@H]1CC[C@H](Oc2ccc3nc(C=O)ccc3c2)CC1. The second-order valence-corrected chi connectivity index (χ2v) is 7.67. The molecule has 0 unspecified atom stereocenters. The molecule has 0 radical (unpaired) electrons. The van der Waals surface area contributed by atoms with E-state index < -0.39 is 0 Å². The van der Waals surface area contributed by atoms with Gasteiger partial charge in [-0.1, -0.05) is 26.8 Å². The number of carbonyl (C=O) groups excluding carboxylic acids is 1. The number of fused-ring (bicyclic) bond motifs is 1. The minimum atomic E-state index is 0.313. The molecule has 1 aliphatic carbocycles. The van der Waals surface area contributed by atoms with E-state index in [0.717, 1.165) is 41.7 Å². The first kappa shape index (κ1) is 16.0. The maximum atomic E-state index is 10.8. The summed E-state index contributed by atoms with van der Waals surface area (Å²) in [6.07, 6.45) is 5.83. The summed E-state index contributed by atoms with van der Waals surface area (Å²) in [7, 11) is 0. The molecule has 1 aliphatic rings. The van der Waals surface area contributed by atoms with Crippen LogP contribution in [0.5, 0.6) is 5.75 Å². The Bertz CT molecular complexity index is 694. The number of nitrogens with zero attached hydrogens (tertiary/aromatic N) is 1. The van der Waals surface area contributed by atoms with Crippen molar-refractivity contribution in [3.63, 3.8) is 0 Å². The van der Waals surface area contributed by atoms with E-state index in [-0.39, 0.29) is 0 Å². The average molecular weight is 311 g/mol. The van der Waals surface area contributed by atoms with E-state index >= 15 is 0 Å². The Balaban J connectivity index is 1.67. The quantitative estimate of drug-likeness (QED) is 0.746. The molecule has 0 aliphatic heterocycles. The van der Waals surface area contributed by atoms with Crippen LogP contribution in [0.15, 0.2) is 30.3 Å². The number of hydrogen-bond acceptors (Lipinski definition) is 3. The molecule has 1 aromatic heterocycles. The molecule has 0 spiro atoms. The first-order valence-electron chi connectivity index (χ1n) is 8.48. The monoisotopic (exact) mass is 311 g/mol. The number of aldehydes is 1. The molecule has 1 aromatic carbocycles. The molecule has 0 atom stereocenters. The van der Waals surface area contributed by atoms with Crippen molar-refractivity contribution in [1.29, 1.82) is 0 Å². The van der Waals surface area contributed by atoms with Gasteiger partial charge in [-0.15, -0.1) is 0 Å². The van der Waals surface area contributed by atoms with Crippen LogP contribution in [0.2, 0.25) is 0 Å². The molecule has 0 bridgehead atoms. The number of rotatable bonds is 3. The Morgan fingerprint density at radius 1 is 1.09 bits per heavy atom. The van der Waals surface area contributed by atoms with Gasteiger partial charge in [0, 0.05) is 5.39 Å². The fourth-order valence-electron chi connectivity index (χ4n) is 3.50. The van der Waals surface area contributed by atoms with Crippen LogP contribution in [-0.4, -0.2) is 17.4 Å². The first-order chi connectivity index (χ1) is 11.0. The van der Waals surface area contributed by atoms with Gasteiger partial charge >= 0.3 is 0 Å². The summed E-state index contributed by atoms with van der Waals surface area (Å²) in [6.45, 7) is 7.01. The molecular weight excluding hydrogens is 286 g/mol. The van der Waals surface area contributed by atoms with Crippen LogP contribution in [-0.2, 0) is 0 Å². The highest BCUT2D eigenvalue weighted by atomic mass is 16.5. The summed E-state index contributed by atoms with van der Waals surface area (Å²) < 4.78 is 6.18. The van der Waals surface area contributed by atoms with Crippen LogP contribution in [0.3, 0.4) is 0 Å². The molecule has 3 heteroatoms. The van der Waals surface area contributed by atoms with Gasteiger partial charge in [-0.2, -0.15) is 0 Å². The predicted octanol–water partition coefficient (Wildman–Crippen LogP) is 5.03. The number of carbonyl (C=O) groups is 1. The van der Waals surface area contributed by atoms with Crippen molar-refractivity contribution in [2.75, 3.05) is 0 Å². The molecule has 1 heterocycles. The van der Waals surface area contributed by atoms with Crippen LogP contribution >= 0.6 is 0 Å². The standard InChI is InChI=1S/C20H25NO2/c1-20(2,3)15-5-8-17(9-6-15)23-18-10-11-19-14(12-18)4-7-16(13-22)21-19/h4,7,10-13,15,17H,5-6,8-9H2,1-3H3/t15-,17-. The van der Waals surface area contributed by atoms with Gasteiger partial charge < -0.3 is 4.74 Å². The molecule has 23 heavy (non-hydrogen) atoms. The number of benzene rings is 1. The third-order valence-electron chi connectivity index (χ3n) is 5.00. The lowest BCUT2D eigenvalue weighted by molar-refractivity contribution is 0.0883. The van der Waals surface area contributed by atoms with Gasteiger partial charge in [-0.3, -0.25) is 4.79 Å². The van der Waals surface area contributed by atoms with Gasteiger partial charge in [0.1, 0.15) is 11.4 Å². The van der Waals surface area contributed by atoms with Gasteiger partial charge in [0.05, 0.1) is 11.6 Å². The van der Waals surface area contributed by atoms with Crippen molar-refractivity contribution >= 4 is 17.2 Å². The van der Waals surface area contributed by atoms with E-state index in [2.05, 4.69) is 25.8 Å². The summed E-state index contributed by atoms with van der Waals surface area (Å²) in [6, 6.07) is 9.58. The maximum Gasteiger partial charge on any atom is 0.168 e. The molecule has 122 valence electrons. The van der Waals surface area contributed by atoms with Crippen molar-refractivity contribution < 1.29 is 9.53 Å². The third kappa shape index (κ3) is 3.72. The topological polar surface area (TPSA) is 39.2 Å². The van der Waals surface area contributed by atoms with Crippen molar-refractivity contribution in [2.24, 2.45) is 11.3 Å². The number of hydrogen-bond donors (Lipinski definition) is 0. The fourth-order valence-corrected chi connectivity index (χ4v) is 3.50. The highest BCUT2D eigenvalue weighted by Gasteiger charge is 2.30. The van der Waals surface area contributed by atoms with Crippen molar-refractivity contribution in [3.05, 3.63) is 36.0 Å². The molecular formula is C20H25NO2. The predicted molar refractivity (Wildman–Crippen MR) is 93.0 cm³/mol. The largest absolute Gasteiger partial charge is 0.490 e. The van der Waals surface area contributed by atoms with E-state index in [4.69, 9.17) is 4.74 Å². The van der Waals surface area contributed by atoms with Crippen LogP contribution in [0, 0.1) is 11.3 Å².